The second kappa shape index (κ2) is 6.93. The molecule has 0 saturated carbocycles. The molecule has 1 atom stereocenters. The average molecular weight is 350 g/mol. The largest absolute Gasteiger partial charge is 0.466 e. The van der Waals surface area contributed by atoms with Crippen molar-refractivity contribution in [3.8, 4) is 11.3 Å². The number of ether oxygens (including phenoxy) is 1. The molecule has 26 heavy (non-hydrogen) atoms. The van der Waals surface area contributed by atoms with E-state index in [4.69, 9.17) is 4.74 Å². The lowest BCUT2D eigenvalue weighted by Gasteiger charge is -2.27. The Balaban J connectivity index is 2.23. The van der Waals surface area contributed by atoms with Crippen LogP contribution in [0.15, 0.2) is 71.7 Å². The lowest BCUT2D eigenvalue weighted by molar-refractivity contribution is -0.159. The Morgan fingerprint density at radius 3 is 2.23 bits per heavy atom. The van der Waals surface area contributed by atoms with E-state index < -0.39 is 17.1 Å². The molecule has 0 spiro atoms. The number of hydrogen-bond acceptors (Lipinski definition) is 5. The molecule has 132 valence electrons. The summed E-state index contributed by atoms with van der Waals surface area (Å²) in [6.45, 7) is 0. The fraction of sp³-hybridized carbons (Fsp3) is 0.150. The highest BCUT2D eigenvalue weighted by atomic mass is 16.5. The van der Waals surface area contributed by atoms with Gasteiger partial charge in [-0.2, -0.15) is 0 Å². The van der Waals surface area contributed by atoms with E-state index in [-0.39, 0.29) is 17.0 Å². The molecule has 0 fully saturated rings. The van der Waals surface area contributed by atoms with Crippen LogP contribution in [-0.4, -0.2) is 27.7 Å². The van der Waals surface area contributed by atoms with Crippen LogP contribution in [0.1, 0.15) is 11.3 Å². The molecule has 0 aliphatic rings. The van der Waals surface area contributed by atoms with Crippen LogP contribution in [0.4, 0.5) is 0 Å². The Hall–Kier alpha value is -3.25. The summed E-state index contributed by atoms with van der Waals surface area (Å²) in [5.41, 5.74) is -1.37. The lowest BCUT2D eigenvalue weighted by atomic mass is 9.90. The first kappa shape index (κ1) is 17.6. The number of carbonyl (C=O) groups is 1. The average Bonchev–Trinajstić information content (AvgIpc) is 2.70. The van der Waals surface area contributed by atoms with E-state index in [0.29, 0.717) is 5.56 Å². The third kappa shape index (κ3) is 2.80. The molecule has 1 heterocycles. The standard InChI is InChI=1S/C20H18N2O4/c1-22-16(13-21-17(18(22)23)14-9-5-3-6-10-14)20(25,19(24)26-2)15-11-7-4-8-12-15/h3-13,25H,1-2H3. The summed E-state index contributed by atoms with van der Waals surface area (Å²) in [4.78, 5) is 29.5. The van der Waals surface area contributed by atoms with Crippen LogP contribution in [0.25, 0.3) is 11.3 Å². The summed E-state index contributed by atoms with van der Waals surface area (Å²) in [5.74, 6) is -0.895. The first-order valence-corrected chi connectivity index (χ1v) is 7.98. The van der Waals surface area contributed by atoms with E-state index in [1.54, 1.807) is 54.6 Å². The van der Waals surface area contributed by atoms with Crippen molar-refractivity contribution in [1.29, 1.82) is 0 Å². The number of nitrogens with zero attached hydrogens (tertiary/aromatic N) is 2. The van der Waals surface area contributed by atoms with Crippen LogP contribution < -0.4 is 5.56 Å². The zero-order valence-corrected chi connectivity index (χ0v) is 14.4. The number of hydrogen-bond donors (Lipinski definition) is 1. The minimum absolute atomic E-state index is 0.0280. The van der Waals surface area contributed by atoms with Gasteiger partial charge < -0.3 is 14.4 Å². The predicted octanol–water partition coefficient (Wildman–Crippen LogP) is 1.86. The van der Waals surface area contributed by atoms with Crippen molar-refractivity contribution in [2.24, 2.45) is 7.05 Å². The summed E-state index contributed by atoms with van der Waals surface area (Å²) >= 11 is 0. The normalized spacial score (nSPS) is 13.0. The second-order valence-electron chi connectivity index (χ2n) is 5.79. The highest BCUT2D eigenvalue weighted by molar-refractivity contribution is 5.84. The first-order valence-electron chi connectivity index (χ1n) is 7.98. The van der Waals surface area contributed by atoms with Gasteiger partial charge in [0.25, 0.3) is 5.56 Å². The van der Waals surface area contributed by atoms with Crippen molar-refractivity contribution < 1.29 is 14.6 Å². The molecule has 1 N–H and O–H groups in total. The Morgan fingerprint density at radius 1 is 1.08 bits per heavy atom. The van der Waals surface area contributed by atoms with Crippen LogP contribution in [0.5, 0.6) is 0 Å². The maximum absolute atomic E-state index is 12.8. The predicted molar refractivity (Wildman–Crippen MR) is 96.4 cm³/mol. The van der Waals surface area contributed by atoms with Crippen molar-refractivity contribution in [2.75, 3.05) is 7.11 Å². The second-order valence-corrected chi connectivity index (χ2v) is 5.79. The van der Waals surface area contributed by atoms with Gasteiger partial charge >= 0.3 is 5.97 Å². The smallest absolute Gasteiger partial charge is 0.349 e. The van der Waals surface area contributed by atoms with Gasteiger partial charge in [-0.15, -0.1) is 0 Å². The summed E-state index contributed by atoms with van der Waals surface area (Å²) in [7, 11) is 2.67. The van der Waals surface area contributed by atoms with Gasteiger partial charge in [-0.25, -0.2) is 9.78 Å². The quantitative estimate of drug-likeness (QED) is 0.727. The fourth-order valence-electron chi connectivity index (χ4n) is 2.86. The topological polar surface area (TPSA) is 81.4 Å². The third-order valence-corrected chi connectivity index (χ3v) is 4.27. The Kier molecular flexibility index (Phi) is 4.69. The molecule has 3 aromatic rings. The summed E-state index contributed by atoms with van der Waals surface area (Å²) in [5, 5.41) is 11.2. The molecule has 0 aliphatic carbocycles. The molecule has 0 bridgehead atoms. The summed E-state index contributed by atoms with van der Waals surface area (Å²) < 4.78 is 6.02. The number of rotatable bonds is 4. The Morgan fingerprint density at radius 2 is 1.65 bits per heavy atom. The van der Waals surface area contributed by atoms with E-state index in [2.05, 4.69) is 4.98 Å². The van der Waals surface area contributed by atoms with Crippen LogP contribution in [-0.2, 0) is 22.2 Å². The van der Waals surface area contributed by atoms with Crippen molar-refractivity contribution in [2.45, 2.75) is 5.60 Å². The number of aliphatic hydroxyl groups is 1. The van der Waals surface area contributed by atoms with E-state index in [0.717, 1.165) is 0 Å². The molecule has 6 nitrogen and oxygen atoms in total. The van der Waals surface area contributed by atoms with Gasteiger partial charge in [-0.05, 0) is 0 Å². The van der Waals surface area contributed by atoms with Crippen molar-refractivity contribution >= 4 is 5.97 Å². The van der Waals surface area contributed by atoms with E-state index in [1.807, 2.05) is 6.07 Å². The van der Waals surface area contributed by atoms with E-state index in [9.17, 15) is 14.7 Å². The van der Waals surface area contributed by atoms with Gasteiger partial charge in [-0.3, -0.25) is 4.79 Å². The summed E-state index contributed by atoms with van der Waals surface area (Å²) in [6.07, 6.45) is 1.33. The van der Waals surface area contributed by atoms with Crippen molar-refractivity contribution in [3.05, 3.63) is 88.5 Å². The molecule has 0 amide bonds. The number of esters is 1. The van der Waals surface area contributed by atoms with Gasteiger partial charge in [0.2, 0.25) is 5.60 Å². The van der Waals surface area contributed by atoms with Gasteiger partial charge in [0, 0.05) is 18.2 Å². The summed E-state index contributed by atoms with van der Waals surface area (Å²) in [6, 6.07) is 17.3. The van der Waals surface area contributed by atoms with E-state index in [1.165, 1.54) is 24.9 Å². The van der Waals surface area contributed by atoms with Gasteiger partial charge in [0.05, 0.1) is 19.0 Å². The highest BCUT2D eigenvalue weighted by Crippen LogP contribution is 2.30. The van der Waals surface area contributed by atoms with Crippen LogP contribution in [0.2, 0.25) is 0 Å². The number of benzene rings is 2. The molecule has 2 aromatic carbocycles. The van der Waals surface area contributed by atoms with E-state index >= 15 is 0 Å². The molecule has 1 unspecified atom stereocenters. The van der Waals surface area contributed by atoms with Crippen molar-refractivity contribution in [1.82, 2.24) is 9.55 Å². The third-order valence-electron chi connectivity index (χ3n) is 4.27. The highest BCUT2D eigenvalue weighted by Gasteiger charge is 2.44. The molecule has 0 aliphatic heterocycles. The SMILES string of the molecule is COC(=O)C(O)(c1ccccc1)c1cnc(-c2ccccc2)c(=O)n1C. The van der Waals surface area contributed by atoms with Gasteiger partial charge in [-0.1, -0.05) is 60.7 Å². The molecular weight excluding hydrogens is 332 g/mol. The zero-order valence-electron chi connectivity index (χ0n) is 14.4. The molecule has 0 radical (unpaired) electrons. The fourth-order valence-corrected chi connectivity index (χ4v) is 2.86. The molecule has 1 aromatic heterocycles. The Bertz CT molecular complexity index is 984. The first-order chi connectivity index (χ1) is 12.5. The number of carbonyl (C=O) groups excluding carboxylic acids is 1. The number of aromatic nitrogens is 2. The Labute approximate surface area is 150 Å². The van der Waals surface area contributed by atoms with Crippen LogP contribution in [0, 0.1) is 0 Å². The maximum atomic E-state index is 12.8. The number of methoxy groups -OCH3 is 1. The van der Waals surface area contributed by atoms with Crippen molar-refractivity contribution in [3.63, 3.8) is 0 Å². The lowest BCUT2D eigenvalue weighted by Crippen LogP contribution is -2.43. The molecular formula is C20H18N2O4. The van der Waals surface area contributed by atoms with Gasteiger partial charge in [0.15, 0.2) is 0 Å². The molecule has 6 heteroatoms. The minimum Gasteiger partial charge on any atom is -0.466 e. The molecule has 3 rings (SSSR count). The van der Waals surface area contributed by atoms with Gasteiger partial charge in [0.1, 0.15) is 5.69 Å². The van der Waals surface area contributed by atoms with Crippen LogP contribution >= 0.6 is 0 Å². The monoisotopic (exact) mass is 350 g/mol. The zero-order chi connectivity index (χ0) is 18.7. The molecule has 0 saturated heterocycles. The minimum atomic E-state index is -2.15. The maximum Gasteiger partial charge on any atom is 0.349 e. The van der Waals surface area contributed by atoms with Crippen LogP contribution in [0.3, 0.4) is 0 Å².